The van der Waals surface area contributed by atoms with Gasteiger partial charge in [0, 0.05) is 63.6 Å². The average molecular weight is 572 g/mol. The maximum absolute atomic E-state index is 12.7. The summed E-state index contributed by atoms with van der Waals surface area (Å²) in [5.74, 6) is 0.472. The van der Waals surface area contributed by atoms with Crippen molar-refractivity contribution in [3.05, 3.63) is 47.8 Å². The highest BCUT2D eigenvalue weighted by molar-refractivity contribution is 7.89. The van der Waals surface area contributed by atoms with E-state index in [1.165, 1.54) is 9.87 Å². The van der Waals surface area contributed by atoms with Gasteiger partial charge in [-0.3, -0.25) is 0 Å². The van der Waals surface area contributed by atoms with E-state index in [1.807, 2.05) is 24.5 Å². The van der Waals surface area contributed by atoms with Crippen LogP contribution in [0.25, 0.3) is 15.8 Å². The van der Waals surface area contributed by atoms with Gasteiger partial charge in [0.15, 0.2) is 0 Å². The van der Waals surface area contributed by atoms with Crippen LogP contribution in [0.1, 0.15) is 50.7 Å². The molecule has 1 N–H and O–H groups in total. The zero-order valence-corrected chi connectivity index (χ0v) is 24.3. The van der Waals surface area contributed by atoms with E-state index < -0.39 is 10.0 Å². The molecule has 11 heteroatoms. The van der Waals surface area contributed by atoms with Crippen molar-refractivity contribution in [1.82, 2.24) is 19.3 Å². The van der Waals surface area contributed by atoms with Gasteiger partial charge in [0.05, 0.1) is 16.0 Å². The first-order valence-electron chi connectivity index (χ1n) is 13.8. The van der Waals surface area contributed by atoms with Crippen LogP contribution in [-0.4, -0.2) is 77.4 Å². The van der Waals surface area contributed by atoms with E-state index in [0.717, 1.165) is 66.1 Å². The third-order valence-corrected chi connectivity index (χ3v) is 10.4. The van der Waals surface area contributed by atoms with Gasteiger partial charge in [-0.25, -0.2) is 23.4 Å². The summed E-state index contributed by atoms with van der Waals surface area (Å²) in [6.45, 7) is 6.22. The van der Waals surface area contributed by atoms with Crippen molar-refractivity contribution < 1.29 is 18.3 Å². The number of rotatable bonds is 10. The largest absolute Gasteiger partial charge is 0.467 e. The second-order valence-corrected chi connectivity index (χ2v) is 13.5. The van der Waals surface area contributed by atoms with Gasteiger partial charge in [-0.15, -0.1) is 0 Å². The van der Waals surface area contributed by atoms with E-state index in [2.05, 4.69) is 33.9 Å². The highest BCUT2D eigenvalue weighted by Gasteiger charge is 2.27. The lowest BCUT2D eigenvalue weighted by Gasteiger charge is -2.31. The fourth-order valence-corrected chi connectivity index (χ4v) is 7.76. The number of aliphatic hydroxyl groups is 1. The number of aromatic nitrogens is 3. The van der Waals surface area contributed by atoms with Crippen LogP contribution in [0.2, 0.25) is 0 Å². The Kier molecular flexibility index (Phi) is 8.80. The molecule has 9 nitrogen and oxygen atoms in total. The minimum atomic E-state index is -3.40. The van der Waals surface area contributed by atoms with Gasteiger partial charge in [-0.2, -0.15) is 4.31 Å². The standard InChI is InChI=1S/C28H37N5O4S2/c1-3-5-21-16-29-27(30-17-21)32-12-10-23(11-13-32)37-28-31-26-24(6-4-7-25(26)38-28)22-8-14-33(15-9-22)39(35,36)19-20(2)18-34/h4,6-8,16-17,20,23,34H,3,5,9-15,18-19H2,1-2H3/t20-/m0/s1. The zero-order chi connectivity index (χ0) is 27.4. The highest BCUT2D eigenvalue weighted by Crippen LogP contribution is 2.36. The fourth-order valence-electron chi connectivity index (χ4n) is 5.15. The molecular formula is C28H37N5O4S2. The third-order valence-electron chi connectivity index (χ3n) is 7.34. The molecule has 0 radical (unpaired) electrons. The first-order chi connectivity index (χ1) is 18.9. The Morgan fingerprint density at radius 2 is 1.95 bits per heavy atom. The van der Waals surface area contributed by atoms with Crippen molar-refractivity contribution in [2.75, 3.05) is 43.4 Å². The van der Waals surface area contributed by atoms with Gasteiger partial charge in [0.25, 0.3) is 5.19 Å². The molecular weight excluding hydrogens is 534 g/mol. The molecule has 1 fully saturated rings. The minimum Gasteiger partial charge on any atom is -0.467 e. The summed E-state index contributed by atoms with van der Waals surface area (Å²) in [7, 11) is -3.40. The van der Waals surface area contributed by atoms with Crippen LogP contribution in [0.4, 0.5) is 5.95 Å². The number of hydrogen-bond donors (Lipinski definition) is 1. The summed E-state index contributed by atoms with van der Waals surface area (Å²) in [5, 5.41) is 9.93. The van der Waals surface area contributed by atoms with Crippen LogP contribution in [-0.2, 0) is 16.4 Å². The predicted molar refractivity (Wildman–Crippen MR) is 156 cm³/mol. The number of piperidine rings is 1. The maximum atomic E-state index is 12.7. The maximum Gasteiger partial charge on any atom is 0.274 e. The Bertz CT molecular complexity index is 1400. The number of ether oxygens (including phenoxy) is 1. The van der Waals surface area contributed by atoms with Crippen LogP contribution in [0.5, 0.6) is 5.19 Å². The third kappa shape index (κ3) is 6.59. The minimum absolute atomic E-state index is 0.0355. The zero-order valence-electron chi connectivity index (χ0n) is 22.6. The second kappa shape index (κ2) is 12.3. The molecule has 39 heavy (non-hydrogen) atoms. The van der Waals surface area contributed by atoms with Crippen molar-refractivity contribution in [2.45, 2.75) is 52.1 Å². The number of thiazole rings is 1. The Hall–Kier alpha value is -2.60. The van der Waals surface area contributed by atoms with Crippen molar-refractivity contribution >= 4 is 43.1 Å². The van der Waals surface area contributed by atoms with Gasteiger partial charge in [-0.1, -0.05) is 49.8 Å². The monoisotopic (exact) mass is 571 g/mol. The highest BCUT2D eigenvalue weighted by atomic mass is 32.2. The van der Waals surface area contributed by atoms with Gasteiger partial charge in [0.1, 0.15) is 6.10 Å². The van der Waals surface area contributed by atoms with Crippen molar-refractivity contribution in [1.29, 1.82) is 0 Å². The Labute approximate surface area is 234 Å². The van der Waals surface area contributed by atoms with Crippen LogP contribution >= 0.6 is 11.3 Å². The molecule has 2 aromatic heterocycles. The molecule has 3 aromatic rings. The second-order valence-electron chi connectivity index (χ2n) is 10.5. The number of para-hydroxylation sites is 1. The molecule has 5 rings (SSSR count). The Morgan fingerprint density at radius 1 is 1.18 bits per heavy atom. The topological polar surface area (TPSA) is 109 Å². The molecule has 210 valence electrons. The summed E-state index contributed by atoms with van der Waals surface area (Å²) in [5.41, 5.74) is 4.23. The van der Waals surface area contributed by atoms with Crippen molar-refractivity contribution in [2.24, 2.45) is 5.92 Å². The van der Waals surface area contributed by atoms with Crippen LogP contribution in [0, 0.1) is 5.92 Å². The molecule has 1 saturated heterocycles. The lowest BCUT2D eigenvalue weighted by Crippen LogP contribution is -2.39. The molecule has 2 aliphatic rings. The van der Waals surface area contributed by atoms with E-state index >= 15 is 0 Å². The predicted octanol–water partition coefficient (Wildman–Crippen LogP) is 4.13. The average Bonchev–Trinajstić information content (AvgIpc) is 3.36. The molecule has 1 atom stereocenters. The summed E-state index contributed by atoms with van der Waals surface area (Å²) in [4.78, 5) is 16.2. The number of fused-ring (bicyclic) bond motifs is 1. The van der Waals surface area contributed by atoms with Crippen molar-refractivity contribution in [3.63, 3.8) is 0 Å². The Balaban J connectivity index is 1.22. The quantitative estimate of drug-likeness (QED) is 0.387. The molecule has 0 unspecified atom stereocenters. The van der Waals surface area contributed by atoms with E-state index in [-0.39, 0.29) is 24.4 Å². The normalized spacial score (nSPS) is 18.3. The van der Waals surface area contributed by atoms with Crippen LogP contribution < -0.4 is 9.64 Å². The molecule has 4 heterocycles. The lowest BCUT2D eigenvalue weighted by atomic mass is 9.99. The number of hydrogen-bond acceptors (Lipinski definition) is 9. The van der Waals surface area contributed by atoms with E-state index in [4.69, 9.17) is 9.72 Å². The molecule has 0 aliphatic carbocycles. The van der Waals surface area contributed by atoms with Crippen LogP contribution in [0.15, 0.2) is 36.7 Å². The van der Waals surface area contributed by atoms with E-state index in [9.17, 15) is 13.5 Å². The summed E-state index contributed by atoms with van der Waals surface area (Å²) >= 11 is 1.56. The van der Waals surface area contributed by atoms with Crippen molar-refractivity contribution in [3.8, 4) is 5.19 Å². The van der Waals surface area contributed by atoms with Gasteiger partial charge in [0.2, 0.25) is 16.0 Å². The number of sulfonamides is 1. The van der Waals surface area contributed by atoms with E-state index in [1.54, 1.807) is 18.3 Å². The molecule has 1 aromatic carbocycles. The molecule has 0 bridgehead atoms. The number of nitrogens with zero attached hydrogens (tertiary/aromatic N) is 5. The molecule has 0 amide bonds. The first-order valence-corrected chi connectivity index (χ1v) is 16.2. The van der Waals surface area contributed by atoms with Gasteiger partial charge < -0.3 is 14.7 Å². The van der Waals surface area contributed by atoms with Gasteiger partial charge in [-0.05, 0) is 36.0 Å². The smallest absolute Gasteiger partial charge is 0.274 e. The van der Waals surface area contributed by atoms with Crippen LogP contribution in [0.3, 0.4) is 0 Å². The summed E-state index contributed by atoms with van der Waals surface area (Å²) in [6.07, 6.45) is 10.4. The number of benzene rings is 1. The fraction of sp³-hybridized carbons (Fsp3) is 0.536. The van der Waals surface area contributed by atoms with E-state index in [0.29, 0.717) is 24.7 Å². The SMILES string of the molecule is CCCc1cnc(N2CCC(Oc3nc4c(C5=CCN(S(=O)(=O)C[C@@H](C)CO)CC5)cccc4s3)CC2)nc1. The number of aliphatic hydroxyl groups excluding tert-OH is 1. The molecule has 0 saturated carbocycles. The Morgan fingerprint density at radius 3 is 2.62 bits per heavy atom. The molecule has 0 spiro atoms. The molecule has 2 aliphatic heterocycles. The first kappa shape index (κ1) is 27.9. The lowest BCUT2D eigenvalue weighted by molar-refractivity contribution is 0.170. The number of anilines is 1. The summed E-state index contributed by atoms with van der Waals surface area (Å²) < 4.78 is 34.3. The van der Waals surface area contributed by atoms with Gasteiger partial charge >= 0.3 is 0 Å². The number of aryl methyl sites for hydroxylation is 1. The summed E-state index contributed by atoms with van der Waals surface area (Å²) in [6, 6.07) is 6.14.